The molecular weight excluding hydrogens is 264 g/mol. The number of para-hydroxylation sites is 2. The normalized spacial score (nSPS) is 17.9. The van der Waals surface area contributed by atoms with Crippen LogP contribution >= 0.6 is 0 Å². The molecule has 2 rings (SSSR count). The van der Waals surface area contributed by atoms with Crippen LogP contribution in [0.5, 0.6) is 0 Å². The number of nitrogens with one attached hydrogen (secondary N) is 1. The van der Waals surface area contributed by atoms with Gasteiger partial charge in [0.2, 0.25) is 0 Å². The third kappa shape index (κ3) is 3.14. The first kappa shape index (κ1) is 14.9. The number of hydrogen-bond donors (Lipinski definition) is 6. The second-order valence-corrected chi connectivity index (χ2v) is 4.70. The van der Waals surface area contributed by atoms with Gasteiger partial charge in [0.25, 0.3) is 0 Å². The lowest BCUT2D eigenvalue weighted by molar-refractivity contribution is -0.114. The van der Waals surface area contributed by atoms with Crippen molar-refractivity contribution in [3.63, 3.8) is 0 Å². The summed E-state index contributed by atoms with van der Waals surface area (Å²) in [4.78, 5) is 7.23. The fourth-order valence-electron chi connectivity index (χ4n) is 1.98. The summed E-state index contributed by atoms with van der Waals surface area (Å²) in [6.45, 7) is -0.699. The van der Waals surface area contributed by atoms with Crippen LogP contribution in [0.15, 0.2) is 24.3 Å². The molecule has 0 bridgehead atoms. The van der Waals surface area contributed by atoms with Crippen LogP contribution in [0.3, 0.4) is 0 Å². The van der Waals surface area contributed by atoms with Gasteiger partial charge in [-0.15, -0.1) is 0 Å². The molecule has 7 nitrogen and oxygen atoms in total. The highest BCUT2D eigenvalue weighted by atomic mass is 16.4. The number of aliphatic hydroxyl groups is 5. The number of hydrogen-bond acceptors (Lipinski definition) is 6. The summed E-state index contributed by atoms with van der Waals surface area (Å²) in [7, 11) is 0. The molecule has 0 aliphatic carbocycles. The van der Waals surface area contributed by atoms with Gasteiger partial charge < -0.3 is 30.5 Å². The molecule has 20 heavy (non-hydrogen) atoms. The van der Waals surface area contributed by atoms with Crippen LogP contribution in [0.4, 0.5) is 0 Å². The van der Waals surface area contributed by atoms with Crippen molar-refractivity contribution >= 4 is 11.0 Å². The van der Waals surface area contributed by atoms with Crippen molar-refractivity contribution in [3.05, 3.63) is 30.1 Å². The van der Waals surface area contributed by atoms with Gasteiger partial charge in [-0.1, -0.05) is 12.1 Å². The molecule has 4 atom stereocenters. The number of aromatic nitrogens is 2. The third-order valence-electron chi connectivity index (χ3n) is 3.17. The second kappa shape index (κ2) is 6.29. The minimum Gasteiger partial charge on any atom is -0.394 e. The van der Waals surface area contributed by atoms with E-state index >= 15 is 0 Å². The highest BCUT2D eigenvalue weighted by molar-refractivity contribution is 5.74. The Kier molecular flexibility index (Phi) is 4.69. The number of nitrogens with zero attached hydrogens (tertiary/aromatic N) is 1. The van der Waals surface area contributed by atoms with E-state index in [-0.39, 0.29) is 6.42 Å². The Labute approximate surface area is 115 Å². The molecule has 110 valence electrons. The highest BCUT2D eigenvalue weighted by Crippen LogP contribution is 2.14. The quantitative estimate of drug-likeness (QED) is 0.384. The highest BCUT2D eigenvalue weighted by Gasteiger charge is 2.30. The number of H-pyrrole nitrogens is 1. The zero-order valence-corrected chi connectivity index (χ0v) is 10.7. The molecule has 6 N–H and O–H groups in total. The van der Waals surface area contributed by atoms with Crippen LogP contribution in [0, 0.1) is 0 Å². The third-order valence-corrected chi connectivity index (χ3v) is 3.17. The van der Waals surface area contributed by atoms with Gasteiger partial charge in [0.15, 0.2) is 0 Å². The van der Waals surface area contributed by atoms with Crippen molar-refractivity contribution in [2.45, 2.75) is 30.8 Å². The minimum atomic E-state index is -1.63. The van der Waals surface area contributed by atoms with Crippen LogP contribution in [0.2, 0.25) is 0 Å². The average Bonchev–Trinajstić information content (AvgIpc) is 2.86. The van der Waals surface area contributed by atoms with E-state index in [2.05, 4.69) is 9.97 Å². The molecule has 0 fully saturated rings. The van der Waals surface area contributed by atoms with E-state index < -0.39 is 31.0 Å². The van der Waals surface area contributed by atoms with E-state index in [0.717, 1.165) is 11.0 Å². The van der Waals surface area contributed by atoms with Gasteiger partial charge in [-0.3, -0.25) is 0 Å². The first-order valence-corrected chi connectivity index (χ1v) is 6.29. The molecule has 1 aromatic carbocycles. The molecule has 1 heterocycles. The van der Waals surface area contributed by atoms with Crippen molar-refractivity contribution < 1.29 is 25.5 Å². The number of imidazole rings is 1. The minimum absolute atomic E-state index is 0.00887. The summed E-state index contributed by atoms with van der Waals surface area (Å²) < 4.78 is 0. The molecule has 0 amide bonds. The van der Waals surface area contributed by atoms with E-state index in [1.165, 1.54) is 0 Å². The van der Waals surface area contributed by atoms with E-state index in [0.29, 0.717) is 5.82 Å². The fourth-order valence-corrected chi connectivity index (χ4v) is 1.98. The molecule has 0 spiro atoms. The summed E-state index contributed by atoms with van der Waals surface area (Å²) in [6, 6.07) is 7.32. The molecule has 0 aliphatic heterocycles. The van der Waals surface area contributed by atoms with Gasteiger partial charge in [0.1, 0.15) is 24.1 Å². The Morgan fingerprint density at radius 1 is 1.00 bits per heavy atom. The predicted molar refractivity (Wildman–Crippen MR) is 70.9 cm³/mol. The van der Waals surface area contributed by atoms with Crippen molar-refractivity contribution in [1.82, 2.24) is 9.97 Å². The van der Waals surface area contributed by atoms with E-state index in [4.69, 9.17) is 5.11 Å². The Morgan fingerprint density at radius 2 is 1.65 bits per heavy atom. The molecular formula is C13H18N2O5. The zero-order valence-electron chi connectivity index (χ0n) is 10.7. The molecule has 0 radical (unpaired) electrons. The van der Waals surface area contributed by atoms with E-state index in [1.807, 2.05) is 24.3 Å². The number of fused-ring (bicyclic) bond motifs is 1. The molecule has 0 saturated carbocycles. The van der Waals surface area contributed by atoms with Crippen molar-refractivity contribution in [2.75, 3.05) is 6.61 Å². The van der Waals surface area contributed by atoms with Crippen LogP contribution < -0.4 is 0 Å². The van der Waals surface area contributed by atoms with E-state index in [9.17, 15) is 20.4 Å². The number of aliphatic hydroxyl groups excluding tert-OH is 5. The number of rotatable bonds is 6. The first-order valence-electron chi connectivity index (χ1n) is 6.29. The lowest BCUT2D eigenvalue weighted by atomic mass is 10.0. The monoisotopic (exact) mass is 282 g/mol. The summed E-state index contributed by atoms with van der Waals surface area (Å²) in [5.41, 5.74) is 1.54. The van der Waals surface area contributed by atoms with Crippen LogP contribution in [0.1, 0.15) is 5.82 Å². The molecule has 0 aliphatic rings. The smallest absolute Gasteiger partial charge is 0.110 e. The second-order valence-electron chi connectivity index (χ2n) is 4.70. The maximum absolute atomic E-state index is 9.85. The lowest BCUT2D eigenvalue weighted by Gasteiger charge is -2.25. The van der Waals surface area contributed by atoms with Crippen molar-refractivity contribution in [3.8, 4) is 0 Å². The maximum atomic E-state index is 9.85. The van der Waals surface area contributed by atoms with Crippen LogP contribution in [-0.2, 0) is 6.42 Å². The van der Waals surface area contributed by atoms with Gasteiger partial charge in [-0.2, -0.15) is 0 Å². The van der Waals surface area contributed by atoms with Gasteiger partial charge >= 0.3 is 0 Å². The summed E-state index contributed by atoms with van der Waals surface area (Å²) in [6.07, 6.45) is -6.03. The van der Waals surface area contributed by atoms with Crippen molar-refractivity contribution in [2.24, 2.45) is 0 Å². The molecule has 0 unspecified atom stereocenters. The summed E-state index contributed by atoms with van der Waals surface area (Å²) in [5.74, 6) is 0.462. The van der Waals surface area contributed by atoms with Crippen molar-refractivity contribution in [1.29, 1.82) is 0 Å². The van der Waals surface area contributed by atoms with Gasteiger partial charge in [0.05, 0.1) is 23.7 Å². The van der Waals surface area contributed by atoms with Gasteiger partial charge in [-0.05, 0) is 12.1 Å². The molecule has 1 aromatic heterocycles. The van der Waals surface area contributed by atoms with Gasteiger partial charge in [0, 0.05) is 6.42 Å². The van der Waals surface area contributed by atoms with Gasteiger partial charge in [-0.25, -0.2) is 4.98 Å². The Hall–Kier alpha value is -1.51. The summed E-state index contributed by atoms with van der Waals surface area (Å²) >= 11 is 0. The van der Waals surface area contributed by atoms with Crippen LogP contribution in [-0.4, -0.2) is 66.5 Å². The summed E-state index contributed by atoms with van der Waals surface area (Å²) in [5, 5.41) is 47.0. The Bertz CT molecular complexity index is 525. The molecule has 7 heteroatoms. The Morgan fingerprint density at radius 3 is 2.30 bits per heavy atom. The SMILES string of the molecule is OC[C@@H](O)[C@@H](O)[C@H](O)[C@@H](O)Cc1nc2ccccc2[nH]1. The standard InChI is InChI=1S/C13H18N2O5/c16-6-10(18)13(20)12(19)9(17)5-11-14-7-3-1-2-4-8(7)15-11/h1-4,9-10,12-13,16-20H,5-6H2,(H,14,15)/t9-,10+,12+,13+/m0/s1. The van der Waals surface area contributed by atoms with Crippen LogP contribution in [0.25, 0.3) is 11.0 Å². The zero-order chi connectivity index (χ0) is 14.7. The number of aromatic amines is 1. The topological polar surface area (TPSA) is 130 Å². The van der Waals surface area contributed by atoms with E-state index in [1.54, 1.807) is 0 Å². The first-order chi connectivity index (χ1) is 9.52. The average molecular weight is 282 g/mol. The molecule has 0 saturated heterocycles. The Balaban J connectivity index is 2.05. The fraction of sp³-hybridized carbons (Fsp3) is 0.462. The number of benzene rings is 1. The largest absolute Gasteiger partial charge is 0.394 e. The lowest BCUT2D eigenvalue weighted by Crippen LogP contribution is -2.46. The predicted octanol–water partition coefficient (Wildman–Crippen LogP) is -1.46. The maximum Gasteiger partial charge on any atom is 0.110 e. The molecule has 2 aromatic rings.